The zero-order valence-electron chi connectivity index (χ0n) is 21.9. The number of aromatic nitrogens is 5. The summed E-state index contributed by atoms with van der Waals surface area (Å²) in [7, 11) is 3.06. The van der Waals surface area contributed by atoms with E-state index in [-0.39, 0.29) is 30.4 Å². The summed E-state index contributed by atoms with van der Waals surface area (Å²) in [5.74, 6) is 0.0654. The zero-order valence-corrected chi connectivity index (χ0v) is 21.9. The summed E-state index contributed by atoms with van der Waals surface area (Å²) in [6.45, 7) is 3.65. The van der Waals surface area contributed by atoms with Gasteiger partial charge in [-0.05, 0) is 49.7 Å². The van der Waals surface area contributed by atoms with Crippen molar-refractivity contribution in [2.45, 2.75) is 27.0 Å². The molecular weight excluding hydrogens is 503 g/mol. The number of fused-ring (bicyclic) bond motifs is 1. The third-order valence-electron chi connectivity index (χ3n) is 6.39. The number of methoxy groups -OCH3 is 1. The van der Waals surface area contributed by atoms with Crippen molar-refractivity contribution in [1.29, 1.82) is 0 Å². The molecule has 5 aromatic rings. The summed E-state index contributed by atoms with van der Waals surface area (Å²) in [6.07, 6.45) is 1.35. The Hall–Kier alpha value is -4.93. The fraction of sp³-hybridized carbons (Fsp3) is 0.214. The molecule has 0 fully saturated rings. The lowest BCUT2D eigenvalue weighted by Gasteiger charge is -2.14. The van der Waals surface area contributed by atoms with Crippen LogP contribution in [0.3, 0.4) is 0 Å². The molecule has 11 heteroatoms. The molecule has 0 aliphatic heterocycles. The second kappa shape index (κ2) is 10.4. The Morgan fingerprint density at radius 2 is 1.82 bits per heavy atom. The van der Waals surface area contributed by atoms with Gasteiger partial charge in [0.25, 0.3) is 0 Å². The lowest BCUT2D eigenvalue weighted by Crippen LogP contribution is -2.28. The van der Waals surface area contributed by atoms with E-state index < -0.39 is 11.5 Å². The standard InChI is InChI=1S/C28H27FN6O4/c1-16-5-7-18(8-6-16)32-26(36)13-35-22-10-17(2)9-20(27(22)34(3)28(35)37)19-11-23(38-4)24(12-21(19)29)39-14-25-30-15-31-33-25/h5-12,15H,13-14H2,1-4H3,(H,32,36)(H,30,31,33). The van der Waals surface area contributed by atoms with Gasteiger partial charge in [0.1, 0.15) is 25.3 Å². The van der Waals surface area contributed by atoms with E-state index in [4.69, 9.17) is 9.47 Å². The molecule has 0 aliphatic rings. The van der Waals surface area contributed by atoms with Crippen LogP contribution in [0, 0.1) is 19.7 Å². The van der Waals surface area contributed by atoms with Crippen molar-refractivity contribution < 1.29 is 18.7 Å². The van der Waals surface area contributed by atoms with Gasteiger partial charge in [-0.2, -0.15) is 5.10 Å². The number of rotatable bonds is 8. The molecule has 0 spiro atoms. The van der Waals surface area contributed by atoms with Crippen molar-refractivity contribution in [2.75, 3.05) is 12.4 Å². The molecule has 0 radical (unpaired) electrons. The van der Waals surface area contributed by atoms with Crippen molar-refractivity contribution in [3.63, 3.8) is 0 Å². The Kier molecular flexibility index (Phi) is 6.88. The number of ether oxygens (including phenoxy) is 2. The number of hydrogen-bond donors (Lipinski definition) is 2. The average molecular weight is 531 g/mol. The summed E-state index contributed by atoms with van der Waals surface area (Å²) >= 11 is 0. The first kappa shape index (κ1) is 25.7. The molecule has 1 amide bonds. The summed E-state index contributed by atoms with van der Waals surface area (Å²) in [5.41, 5.74) is 3.82. The van der Waals surface area contributed by atoms with E-state index in [1.54, 1.807) is 25.2 Å². The molecule has 0 aliphatic carbocycles. The first-order valence-electron chi connectivity index (χ1n) is 12.2. The first-order valence-corrected chi connectivity index (χ1v) is 12.2. The molecule has 200 valence electrons. The SMILES string of the molecule is COc1cc(-c2cc(C)cc3c2n(C)c(=O)n3CC(=O)Nc2ccc(C)cc2)c(F)cc1OCc1ncn[nH]1. The Labute approximate surface area is 223 Å². The highest BCUT2D eigenvalue weighted by molar-refractivity contribution is 5.96. The highest BCUT2D eigenvalue weighted by atomic mass is 19.1. The molecular formula is C28H27FN6O4. The van der Waals surface area contributed by atoms with Gasteiger partial charge in [-0.25, -0.2) is 14.2 Å². The monoisotopic (exact) mass is 530 g/mol. The number of benzene rings is 3. The number of carbonyl (C=O) groups is 1. The van der Waals surface area contributed by atoms with Crippen molar-refractivity contribution in [1.82, 2.24) is 24.3 Å². The largest absolute Gasteiger partial charge is 0.493 e. The van der Waals surface area contributed by atoms with Crippen molar-refractivity contribution in [2.24, 2.45) is 7.05 Å². The van der Waals surface area contributed by atoms with Gasteiger partial charge >= 0.3 is 5.69 Å². The molecule has 0 saturated heterocycles. The molecule has 0 unspecified atom stereocenters. The van der Waals surface area contributed by atoms with Gasteiger partial charge < -0.3 is 14.8 Å². The molecule has 3 aromatic carbocycles. The number of amides is 1. The maximum atomic E-state index is 15.6. The predicted molar refractivity (Wildman–Crippen MR) is 144 cm³/mol. The average Bonchev–Trinajstić information content (AvgIpc) is 3.51. The van der Waals surface area contributed by atoms with Gasteiger partial charge in [-0.1, -0.05) is 17.7 Å². The summed E-state index contributed by atoms with van der Waals surface area (Å²) in [6, 6.07) is 13.8. The number of aryl methyl sites for hydroxylation is 3. The lowest BCUT2D eigenvalue weighted by atomic mass is 10.00. The molecule has 0 bridgehead atoms. The topological polar surface area (TPSA) is 116 Å². The minimum atomic E-state index is -0.562. The van der Waals surface area contributed by atoms with E-state index >= 15 is 4.39 Å². The smallest absolute Gasteiger partial charge is 0.329 e. The number of anilines is 1. The highest BCUT2D eigenvalue weighted by Gasteiger charge is 2.22. The minimum absolute atomic E-state index is 0.0475. The highest BCUT2D eigenvalue weighted by Crippen LogP contribution is 2.38. The Bertz CT molecular complexity index is 1720. The van der Waals surface area contributed by atoms with Crippen LogP contribution in [0.1, 0.15) is 17.0 Å². The van der Waals surface area contributed by atoms with Crippen LogP contribution in [0.2, 0.25) is 0 Å². The van der Waals surface area contributed by atoms with Crippen LogP contribution in [-0.4, -0.2) is 37.3 Å². The van der Waals surface area contributed by atoms with Crippen LogP contribution >= 0.6 is 0 Å². The van der Waals surface area contributed by atoms with Gasteiger partial charge in [0.05, 0.1) is 18.1 Å². The number of halogens is 1. The minimum Gasteiger partial charge on any atom is -0.493 e. The molecule has 0 atom stereocenters. The first-order chi connectivity index (χ1) is 18.7. The van der Waals surface area contributed by atoms with Crippen molar-refractivity contribution in [3.05, 3.63) is 88.1 Å². The number of imidazole rings is 1. The fourth-order valence-electron chi connectivity index (χ4n) is 4.50. The van der Waals surface area contributed by atoms with E-state index in [1.165, 1.54) is 34.7 Å². The van der Waals surface area contributed by atoms with Crippen molar-refractivity contribution >= 4 is 22.6 Å². The van der Waals surface area contributed by atoms with Crippen LogP contribution in [0.4, 0.5) is 10.1 Å². The Morgan fingerprint density at radius 3 is 2.51 bits per heavy atom. The Morgan fingerprint density at radius 1 is 1.05 bits per heavy atom. The normalized spacial score (nSPS) is 11.1. The Balaban J connectivity index is 1.53. The number of nitrogens with one attached hydrogen (secondary N) is 2. The van der Waals surface area contributed by atoms with Crippen LogP contribution in [0.25, 0.3) is 22.2 Å². The fourth-order valence-corrected chi connectivity index (χ4v) is 4.50. The molecule has 5 rings (SSSR count). The van der Waals surface area contributed by atoms with E-state index in [2.05, 4.69) is 20.5 Å². The molecule has 0 saturated carbocycles. The molecule has 2 heterocycles. The second-order valence-corrected chi connectivity index (χ2v) is 9.23. The number of hydrogen-bond acceptors (Lipinski definition) is 6. The number of nitrogens with zero attached hydrogens (tertiary/aromatic N) is 4. The third-order valence-corrected chi connectivity index (χ3v) is 6.39. The number of carbonyl (C=O) groups excluding carboxylic acids is 1. The second-order valence-electron chi connectivity index (χ2n) is 9.23. The van der Waals surface area contributed by atoms with Gasteiger partial charge in [-0.3, -0.25) is 19.0 Å². The molecule has 2 N–H and O–H groups in total. The lowest BCUT2D eigenvalue weighted by molar-refractivity contribution is -0.116. The maximum Gasteiger partial charge on any atom is 0.329 e. The van der Waals surface area contributed by atoms with Gasteiger partial charge in [0, 0.05) is 29.9 Å². The van der Waals surface area contributed by atoms with Crippen LogP contribution in [-0.2, 0) is 25.0 Å². The van der Waals surface area contributed by atoms with E-state index in [0.29, 0.717) is 33.9 Å². The predicted octanol–water partition coefficient (Wildman–Crippen LogP) is 4.11. The maximum absolute atomic E-state index is 15.6. The van der Waals surface area contributed by atoms with Crippen LogP contribution in [0.15, 0.2) is 59.7 Å². The van der Waals surface area contributed by atoms with Gasteiger partial charge in [0.2, 0.25) is 5.91 Å². The van der Waals surface area contributed by atoms with Gasteiger partial charge in [0.15, 0.2) is 17.3 Å². The number of H-pyrrole nitrogens is 1. The summed E-state index contributed by atoms with van der Waals surface area (Å²) in [5, 5.41) is 9.27. The third kappa shape index (κ3) is 5.11. The zero-order chi connectivity index (χ0) is 27.7. The van der Waals surface area contributed by atoms with Crippen molar-refractivity contribution in [3.8, 4) is 22.6 Å². The number of aromatic amines is 1. The van der Waals surface area contributed by atoms with Crippen LogP contribution in [0.5, 0.6) is 11.5 Å². The van der Waals surface area contributed by atoms with E-state index in [0.717, 1.165) is 11.1 Å². The quantitative estimate of drug-likeness (QED) is 0.312. The molecule has 2 aromatic heterocycles. The van der Waals surface area contributed by atoms with Crippen LogP contribution < -0.4 is 20.5 Å². The molecule has 39 heavy (non-hydrogen) atoms. The van der Waals surface area contributed by atoms with Gasteiger partial charge in [-0.15, -0.1) is 0 Å². The van der Waals surface area contributed by atoms with E-state index in [1.807, 2.05) is 32.0 Å². The summed E-state index contributed by atoms with van der Waals surface area (Å²) in [4.78, 5) is 30.1. The summed E-state index contributed by atoms with van der Waals surface area (Å²) < 4.78 is 29.6. The van der Waals surface area contributed by atoms with E-state index in [9.17, 15) is 9.59 Å². The molecule has 10 nitrogen and oxygen atoms in total.